The highest BCUT2D eigenvalue weighted by Crippen LogP contribution is 2.49. The number of hydrogen-bond acceptors (Lipinski definition) is 0. The number of rotatable bonds is 10. The van der Waals surface area contributed by atoms with Gasteiger partial charge in [0.05, 0.1) is 0 Å². The van der Waals surface area contributed by atoms with Gasteiger partial charge in [-0.2, -0.15) is 0 Å². The highest BCUT2D eigenvalue weighted by Gasteiger charge is 2.38. The zero-order valence-corrected chi connectivity index (χ0v) is 29.0. The summed E-state index contributed by atoms with van der Waals surface area (Å²) in [6.45, 7) is 26.7. The summed E-state index contributed by atoms with van der Waals surface area (Å²) in [5.41, 5.74) is 4.94. The Morgan fingerprint density at radius 1 is 1.02 bits per heavy atom. The van der Waals surface area contributed by atoms with E-state index in [1.807, 2.05) is 53.7 Å². The van der Waals surface area contributed by atoms with E-state index in [4.69, 9.17) is 0 Å². The van der Waals surface area contributed by atoms with Crippen LogP contribution in [0.5, 0.6) is 0 Å². The Hall–Kier alpha value is -1.63. The molecule has 3 aliphatic rings. The largest absolute Gasteiger partial charge is 0.207 e. The maximum Gasteiger partial charge on any atom is 0.126 e. The molecule has 0 radical (unpaired) electrons. The second-order valence-corrected chi connectivity index (χ2v) is 12.1. The van der Waals surface area contributed by atoms with Crippen molar-refractivity contribution in [2.75, 3.05) is 0 Å². The van der Waals surface area contributed by atoms with Crippen molar-refractivity contribution in [3.63, 3.8) is 0 Å². The lowest BCUT2D eigenvalue weighted by molar-refractivity contribution is 0.344. The molecule has 2 fully saturated rings. The van der Waals surface area contributed by atoms with Crippen molar-refractivity contribution in [2.24, 2.45) is 29.6 Å². The van der Waals surface area contributed by atoms with Crippen molar-refractivity contribution in [3.8, 4) is 0 Å². The summed E-state index contributed by atoms with van der Waals surface area (Å²) in [5.74, 6) is 4.14. The molecule has 0 amide bonds. The lowest BCUT2D eigenvalue weighted by Crippen LogP contribution is -2.16. The average molecular weight is 569 g/mol. The smallest absolute Gasteiger partial charge is 0.126 e. The Morgan fingerprint density at radius 3 is 2.07 bits per heavy atom. The molecular formula is C40H69F. The predicted molar refractivity (Wildman–Crippen MR) is 185 cm³/mol. The molecule has 0 heterocycles. The van der Waals surface area contributed by atoms with E-state index in [0.29, 0.717) is 5.92 Å². The Labute approximate surface area is 257 Å². The van der Waals surface area contributed by atoms with Crippen LogP contribution in [0.1, 0.15) is 150 Å². The minimum Gasteiger partial charge on any atom is -0.207 e. The van der Waals surface area contributed by atoms with Gasteiger partial charge in [-0.05, 0) is 104 Å². The van der Waals surface area contributed by atoms with Gasteiger partial charge in [-0.15, -0.1) is 6.58 Å². The van der Waals surface area contributed by atoms with Crippen LogP contribution in [0.15, 0.2) is 54.7 Å². The van der Waals surface area contributed by atoms with E-state index in [1.165, 1.54) is 87.3 Å². The number of aryl methyl sites for hydroxylation is 2. The van der Waals surface area contributed by atoms with Crippen LogP contribution < -0.4 is 0 Å². The third-order valence-electron chi connectivity index (χ3n) is 9.03. The van der Waals surface area contributed by atoms with E-state index in [0.717, 1.165) is 48.5 Å². The van der Waals surface area contributed by atoms with Gasteiger partial charge < -0.3 is 0 Å². The maximum atomic E-state index is 13.6. The zero-order valence-electron chi connectivity index (χ0n) is 29.0. The van der Waals surface area contributed by atoms with Crippen LogP contribution in [-0.2, 0) is 6.42 Å². The molecule has 0 spiro atoms. The molecule has 236 valence electrons. The molecule has 1 aromatic rings. The average Bonchev–Trinajstić information content (AvgIpc) is 3.77. The van der Waals surface area contributed by atoms with Gasteiger partial charge in [0, 0.05) is 0 Å². The van der Waals surface area contributed by atoms with E-state index >= 15 is 0 Å². The van der Waals surface area contributed by atoms with Crippen LogP contribution in [0, 0.1) is 42.3 Å². The van der Waals surface area contributed by atoms with Gasteiger partial charge in [-0.3, -0.25) is 0 Å². The Morgan fingerprint density at radius 2 is 1.61 bits per heavy atom. The number of halogens is 1. The topological polar surface area (TPSA) is 0 Å². The number of benzene rings is 1. The van der Waals surface area contributed by atoms with E-state index in [1.54, 1.807) is 12.1 Å². The molecule has 2 saturated carbocycles. The summed E-state index contributed by atoms with van der Waals surface area (Å²) < 4.78 is 13.6. The van der Waals surface area contributed by atoms with Gasteiger partial charge in [0.1, 0.15) is 5.82 Å². The molecule has 4 atom stereocenters. The van der Waals surface area contributed by atoms with E-state index in [9.17, 15) is 4.39 Å². The summed E-state index contributed by atoms with van der Waals surface area (Å²) >= 11 is 0. The molecule has 1 aromatic carbocycles. The van der Waals surface area contributed by atoms with Crippen molar-refractivity contribution in [3.05, 3.63) is 71.6 Å². The molecule has 41 heavy (non-hydrogen) atoms. The molecule has 4 rings (SSSR count). The first-order valence-corrected chi connectivity index (χ1v) is 17.5. The summed E-state index contributed by atoms with van der Waals surface area (Å²) in [5, 5.41) is 0. The third kappa shape index (κ3) is 15.4. The summed E-state index contributed by atoms with van der Waals surface area (Å²) in [6.07, 6.45) is 23.0. The molecule has 0 nitrogen and oxygen atoms in total. The van der Waals surface area contributed by atoms with Crippen LogP contribution in [0.2, 0.25) is 0 Å². The van der Waals surface area contributed by atoms with Crippen LogP contribution in [0.25, 0.3) is 0 Å². The lowest BCUT2D eigenvalue weighted by Gasteiger charge is -2.26. The number of allylic oxidation sites excluding steroid dienone is 4. The SMILES string of the molecule is C=C(C1=CC1)C(CCc1ccc(F)c(C)c1)C1C[C@@H](CCCC)[C@@H](CC)C1.C=CC.CC.CC.CC1CCCCC1. The van der Waals surface area contributed by atoms with Crippen LogP contribution in [-0.4, -0.2) is 0 Å². The van der Waals surface area contributed by atoms with Gasteiger partial charge >= 0.3 is 0 Å². The van der Waals surface area contributed by atoms with Gasteiger partial charge in [-0.1, -0.05) is 137 Å². The van der Waals surface area contributed by atoms with Gasteiger partial charge in [0.2, 0.25) is 0 Å². The third-order valence-corrected chi connectivity index (χ3v) is 9.03. The van der Waals surface area contributed by atoms with Crippen LogP contribution in [0.4, 0.5) is 4.39 Å². The van der Waals surface area contributed by atoms with Crippen molar-refractivity contribution in [1.82, 2.24) is 0 Å². The molecule has 0 saturated heterocycles. The zero-order chi connectivity index (χ0) is 31.2. The lowest BCUT2D eigenvalue weighted by atomic mass is 9.79. The first kappa shape index (κ1) is 39.4. The highest BCUT2D eigenvalue weighted by molar-refractivity contribution is 5.42. The first-order valence-electron chi connectivity index (χ1n) is 17.5. The second kappa shape index (κ2) is 23.9. The Balaban J connectivity index is 0.000000952. The van der Waals surface area contributed by atoms with E-state index in [2.05, 4.69) is 40.0 Å². The Kier molecular flexibility index (Phi) is 22.9. The fraction of sp³-hybridized carbons (Fsp3) is 0.700. The van der Waals surface area contributed by atoms with E-state index < -0.39 is 0 Å². The van der Waals surface area contributed by atoms with Gasteiger partial charge in [0.25, 0.3) is 0 Å². The van der Waals surface area contributed by atoms with Crippen molar-refractivity contribution in [1.29, 1.82) is 0 Å². The molecule has 3 aliphatic carbocycles. The number of hydrogen-bond donors (Lipinski definition) is 0. The molecule has 1 heteroatoms. The fourth-order valence-corrected chi connectivity index (χ4v) is 6.64. The fourth-order valence-electron chi connectivity index (χ4n) is 6.64. The summed E-state index contributed by atoms with van der Waals surface area (Å²) in [7, 11) is 0. The van der Waals surface area contributed by atoms with Crippen LogP contribution in [0.3, 0.4) is 0 Å². The van der Waals surface area contributed by atoms with Crippen molar-refractivity contribution in [2.45, 2.75) is 152 Å². The summed E-state index contributed by atoms with van der Waals surface area (Å²) in [4.78, 5) is 0. The first-order chi connectivity index (χ1) is 19.8. The van der Waals surface area contributed by atoms with Crippen molar-refractivity contribution >= 4 is 0 Å². The molecule has 0 aromatic heterocycles. The minimum absolute atomic E-state index is 0.0943. The molecule has 2 unspecified atom stereocenters. The monoisotopic (exact) mass is 569 g/mol. The van der Waals surface area contributed by atoms with Crippen molar-refractivity contribution < 1.29 is 4.39 Å². The molecule has 0 N–H and O–H groups in total. The normalized spacial score (nSPS) is 21.6. The molecule has 0 bridgehead atoms. The molecule has 0 aliphatic heterocycles. The summed E-state index contributed by atoms with van der Waals surface area (Å²) in [6, 6.07) is 5.62. The van der Waals surface area contributed by atoms with Gasteiger partial charge in [-0.25, -0.2) is 4.39 Å². The standard InChI is InChI=1S/C26H37F.C7H14.C3H6.2C2H6/c1-5-7-8-23-17-24(16-21(23)6-2)25(19(4)22-11-12-22)13-9-20-10-14-26(27)18(3)15-20;1-7-5-3-2-4-6-7;1-3-2;2*1-2/h10-11,14-15,21,23-25H,4-9,12-13,16-17H2,1-3H3;7H,2-6H2,1H3;3H,1H2,2H3;2*1-2H3/t21-,23+,24?,25?;;;;/m0..../s1. The Bertz CT molecular complexity index is 840. The quantitative estimate of drug-likeness (QED) is 0.246. The highest BCUT2D eigenvalue weighted by atomic mass is 19.1. The van der Waals surface area contributed by atoms with E-state index in [-0.39, 0.29) is 5.82 Å². The van der Waals surface area contributed by atoms with Crippen LogP contribution >= 0.6 is 0 Å². The predicted octanol–water partition coefficient (Wildman–Crippen LogP) is 13.6. The van der Waals surface area contributed by atoms with Gasteiger partial charge in [0.15, 0.2) is 0 Å². The second-order valence-electron chi connectivity index (χ2n) is 12.1. The number of unbranched alkanes of at least 4 members (excludes halogenated alkanes) is 1. The maximum absolute atomic E-state index is 13.6. The molecular weight excluding hydrogens is 499 g/mol. The minimum atomic E-state index is -0.0943.